The van der Waals surface area contributed by atoms with Crippen LogP contribution >= 0.6 is 0 Å². The average Bonchev–Trinajstić information content (AvgIpc) is 3.13. The molecule has 0 saturated heterocycles. The van der Waals surface area contributed by atoms with Crippen molar-refractivity contribution in [2.45, 2.75) is 19.4 Å². The van der Waals surface area contributed by atoms with E-state index < -0.39 is 0 Å². The molecule has 0 spiro atoms. The summed E-state index contributed by atoms with van der Waals surface area (Å²) in [5, 5.41) is 0. The van der Waals surface area contributed by atoms with Crippen molar-refractivity contribution in [3.8, 4) is 5.75 Å². The molecule has 16 heavy (non-hydrogen) atoms. The average molecular weight is 220 g/mol. The summed E-state index contributed by atoms with van der Waals surface area (Å²) in [6, 6.07) is 7.69. The zero-order valence-electron chi connectivity index (χ0n) is 9.44. The van der Waals surface area contributed by atoms with Gasteiger partial charge in [-0.3, -0.25) is 4.79 Å². The molecule has 0 bridgehead atoms. The highest BCUT2D eigenvalue weighted by Crippen LogP contribution is 2.29. The summed E-state index contributed by atoms with van der Waals surface area (Å²) >= 11 is 0. The highest BCUT2D eigenvalue weighted by Gasteiger charge is 2.29. The quantitative estimate of drug-likeness (QED) is 0.737. The topological polar surface area (TPSA) is 35.5 Å². The van der Waals surface area contributed by atoms with Crippen molar-refractivity contribution in [3.05, 3.63) is 29.8 Å². The molecule has 0 aromatic heterocycles. The molecule has 0 radical (unpaired) electrons. The molecule has 2 rings (SSSR count). The predicted molar refractivity (Wildman–Crippen MR) is 60.4 cm³/mol. The molecule has 0 atom stereocenters. The molecule has 0 N–H and O–H groups in total. The number of benzene rings is 1. The normalized spacial score (nSPS) is 14.8. The Morgan fingerprint density at radius 1 is 1.44 bits per heavy atom. The molecular weight excluding hydrogens is 204 g/mol. The maximum atomic E-state index is 11.4. The van der Waals surface area contributed by atoms with E-state index in [0.29, 0.717) is 6.61 Å². The Balaban J connectivity index is 1.77. The Bertz CT molecular complexity index is 369. The van der Waals surface area contributed by atoms with Crippen LogP contribution in [0.1, 0.15) is 18.4 Å². The maximum absolute atomic E-state index is 11.4. The van der Waals surface area contributed by atoms with Gasteiger partial charge >= 0.3 is 0 Å². The van der Waals surface area contributed by atoms with Crippen LogP contribution in [0.2, 0.25) is 0 Å². The number of carbonyl (C=O) groups is 1. The molecule has 1 aromatic carbocycles. The van der Waals surface area contributed by atoms with E-state index in [4.69, 9.17) is 9.47 Å². The highest BCUT2D eigenvalue weighted by atomic mass is 16.5. The summed E-state index contributed by atoms with van der Waals surface area (Å²) in [7, 11) is 1.64. The number of Topliss-reactive ketones (excluding diaryl/α,β-unsaturated/α-hetero) is 1. The summed E-state index contributed by atoms with van der Waals surface area (Å²) < 4.78 is 10.5. The van der Waals surface area contributed by atoms with E-state index in [9.17, 15) is 4.79 Å². The fourth-order valence-corrected chi connectivity index (χ4v) is 1.55. The summed E-state index contributed by atoms with van der Waals surface area (Å²) in [6.45, 7) is 0.706. The minimum Gasteiger partial charge on any atom is -0.497 e. The number of hydrogen-bond acceptors (Lipinski definition) is 3. The third kappa shape index (κ3) is 3.07. The molecule has 1 saturated carbocycles. The number of rotatable bonds is 6. The van der Waals surface area contributed by atoms with Crippen LogP contribution in [0, 0.1) is 5.92 Å². The van der Waals surface area contributed by atoms with Crippen LogP contribution in [0.15, 0.2) is 24.3 Å². The monoisotopic (exact) mass is 220 g/mol. The molecule has 3 heteroatoms. The SMILES string of the molecule is COc1cccc(COCC(=O)C2CC2)c1. The third-order valence-corrected chi connectivity index (χ3v) is 2.68. The number of carbonyl (C=O) groups excluding carboxylic acids is 1. The molecule has 0 unspecified atom stereocenters. The van der Waals surface area contributed by atoms with Crippen LogP contribution in [-0.4, -0.2) is 19.5 Å². The molecule has 0 aliphatic heterocycles. The van der Waals surface area contributed by atoms with Crippen molar-refractivity contribution in [1.29, 1.82) is 0 Å². The number of hydrogen-bond donors (Lipinski definition) is 0. The van der Waals surface area contributed by atoms with Crippen LogP contribution in [0.25, 0.3) is 0 Å². The molecule has 1 aliphatic rings. The van der Waals surface area contributed by atoms with E-state index in [0.717, 1.165) is 24.2 Å². The first-order valence-electron chi connectivity index (χ1n) is 5.53. The zero-order valence-corrected chi connectivity index (χ0v) is 9.44. The second-order valence-electron chi connectivity index (χ2n) is 4.08. The molecule has 1 aliphatic carbocycles. The van der Waals surface area contributed by atoms with Crippen molar-refractivity contribution in [2.24, 2.45) is 5.92 Å². The molecule has 3 nitrogen and oxygen atoms in total. The van der Waals surface area contributed by atoms with Crippen LogP contribution < -0.4 is 4.74 Å². The van der Waals surface area contributed by atoms with Gasteiger partial charge in [-0.25, -0.2) is 0 Å². The first kappa shape index (κ1) is 11.1. The Morgan fingerprint density at radius 3 is 2.94 bits per heavy atom. The standard InChI is InChI=1S/C13H16O3/c1-15-12-4-2-3-10(7-12)8-16-9-13(14)11-5-6-11/h2-4,7,11H,5-6,8-9H2,1H3. The van der Waals surface area contributed by atoms with E-state index >= 15 is 0 Å². The minimum absolute atomic E-state index is 0.238. The van der Waals surface area contributed by atoms with Gasteiger partial charge in [0.15, 0.2) is 5.78 Å². The summed E-state index contributed by atoms with van der Waals surface area (Å²) in [4.78, 5) is 11.4. The molecule has 1 aromatic rings. The smallest absolute Gasteiger partial charge is 0.161 e. The van der Waals surface area contributed by atoms with Crippen LogP contribution in [0.3, 0.4) is 0 Å². The third-order valence-electron chi connectivity index (χ3n) is 2.68. The van der Waals surface area contributed by atoms with Gasteiger partial charge in [0.25, 0.3) is 0 Å². The lowest BCUT2D eigenvalue weighted by Crippen LogP contribution is -2.10. The molecule has 1 fully saturated rings. The lowest BCUT2D eigenvalue weighted by atomic mass is 10.2. The van der Waals surface area contributed by atoms with Crippen LogP contribution in [-0.2, 0) is 16.1 Å². The van der Waals surface area contributed by atoms with Gasteiger partial charge in [0.2, 0.25) is 0 Å². The van der Waals surface area contributed by atoms with Crippen molar-refractivity contribution in [2.75, 3.05) is 13.7 Å². The zero-order chi connectivity index (χ0) is 11.4. The van der Waals surface area contributed by atoms with Crippen molar-refractivity contribution >= 4 is 5.78 Å². The lowest BCUT2D eigenvalue weighted by Gasteiger charge is -2.05. The number of ketones is 1. The Hall–Kier alpha value is -1.35. The largest absolute Gasteiger partial charge is 0.497 e. The minimum atomic E-state index is 0.238. The van der Waals surface area contributed by atoms with Crippen LogP contribution in [0.5, 0.6) is 5.75 Å². The van der Waals surface area contributed by atoms with Gasteiger partial charge in [0, 0.05) is 5.92 Å². The first-order valence-corrected chi connectivity index (χ1v) is 5.53. The second kappa shape index (κ2) is 5.12. The first-order chi connectivity index (χ1) is 7.79. The van der Waals surface area contributed by atoms with Gasteiger partial charge in [-0.1, -0.05) is 12.1 Å². The molecule has 86 valence electrons. The van der Waals surface area contributed by atoms with Gasteiger partial charge in [-0.2, -0.15) is 0 Å². The van der Waals surface area contributed by atoms with E-state index in [-0.39, 0.29) is 18.3 Å². The Morgan fingerprint density at radius 2 is 2.25 bits per heavy atom. The summed E-state index contributed by atoms with van der Waals surface area (Å²) in [5.74, 6) is 1.34. The number of ether oxygens (including phenoxy) is 2. The van der Waals surface area contributed by atoms with Crippen molar-refractivity contribution in [3.63, 3.8) is 0 Å². The van der Waals surface area contributed by atoms with Gasteiger partial charge in [0.05, 0.1) is 13.7 Å². The molecule has 0 heterocycles. The van der Waals surface area contributed by atoms with E-state index in [1.807, 2.05) is 24.3 Å². The van der Waals surface area contributed by atoms with Crippen molar-refractivity contribution < 1.29 is 14.3 Å². The fraction of sp³-hybridized carbons (Fsp3) is 0.462. The van der Waals surface area contributed by atoms with Gasteiger partial charge < -0.3 is 9.47 Å². The van der Waals surface area contributed by atoms with Gasteiger partial charge in [-0.05, 0) is 30.5 Å². The van der Waals surface area contributed by atoms with Crippen LogP contribution in [0.4, 0.5) is 0 Å². The summed E-state index contributed by atoms with van der Waals surface area (Å²) in [5.41, 5.74) is 1.03. The Labute approximate surface area is 95.4 Å². The summed E-state index contributed by atoms with van der Waals surface area (Å²) in [6.07, 6.45) is 2.09. The fourth-order valence-electron chi connectivity index (χ4n) is 1.55. The molecular formula is C13H16O3. The lowest BCUT2D eigenvalue weighted by molar-refractivity contribution is -0.125. The van der Waals surface area contributed by atoms with E-state index in [2.05, 4.69) is 0 Å². The Kier molecular flexibility index (Phi) is 3.57. The second-order valence-corrected chi connectivity index (χ2v) is 4.08. The van der Waals surface area contributed by atoms with Gasteiger partial charge in [0.1, 0.15) is 12.4 Å². The number of methoxy groups -OCH3 is 1. The van der Waals surface area contributed by atoms with Gasteiger partial charge in [-0.15, -0.1) is 0 Å². The van der Waals surface area contributed by atoms with E-state index in [1.165, 1.54) is 0 Å². The highest BCUT2D eigenvalue weighted by molar-refractivity contribution is 5.84. The van der Waals surface area contributed by atoms with Crippen molar-refractivity contribution in [1.82, 2.24) is 0 Å². The maximum Gasteiger partial charge on any atom is 0.161 e. The molecule has 0 amide bonds. The van der Waals surface area contributed by atoms with E-state index in [1.54, 1.807) is 7.11 Å². The predicted octanol–water partition coefficient (Wildman–Crippen LogP) is 2.19.